The maximum atomic E-state index is 4.68. The van der Waals surface area contributed by atoms with E-state index in [1.807, 2.05) is 11.3 Å². The molecule has 0 saturated carbocycles. The van der Waals surface area contributed by atoms with Crippen molar-refractivity contribution >= 4 is 11.3 Å². The number of thiazole rings is 1. The first kappa shape index (κ1) is 11.1. The lowest BCUT2D eigenvalue weighted by Gasteiger charge is -2.10. The summed E-state index contributed by atoms with van der Waals surface area (Å²) < 4.78 is 0. The molecule has 0 aliphatic heterocycles. The molecule has 2 nitrogen and oxygen atoms in total. The lowest BCUT2D eigenvalue weighted by molar-refractivity contribution is 0.507. The fourth-order valence-electron chi connectivity index (χ4n) is 2.12. The lowest BCUT2D eigenvalue weighted by atomic mass is 10.2. The highest BCUT2D eigenvalue weighted by atomic mass is 32.1. The monoisotopic (exact) mass is 224 g/mol. The van der Waals surface area contributed by atoms with Gasteiger partial charge in [0.05, 0.1) is 5.69 Å². The number of nitrogens with one attached hydrogen (secondary N) is 1. The van der Waals surface area contributed by atoms with Crippen LogP contribution in [0.5, 0.6) is 0 Å². The van der Waals surface area contributed by atoms with E-state index in [0.29, 0.717) is 6.04 Å². The van der Waals surface area contributed by atoms with E-state index in [9.17, 15) is 0 Å². The molecule has 1 aromatic heterocycles. The number of hydrogen-bond donors (Lipinski definition) is 1. The molecule has 1 atom stereocenters. The number of rotatable bonds is 5. The Labute approximate surface area is 96.1 Å². The summed E-state index contributed by atoms with van der Waals surface area (Å²) in [7, 11) is 0. The van der Waals surface area contributed by atoms with Gasteiger partial charge in [0.15, 0.2) is 0 Å². The van der Waals surface area contributed by atoms with Gasteiger partial charge < -0.3 is 5.32 Å². The summed E-state index contributed by atoms with van der Waals surface area (Å²) in [5, 5.41) is 4.82. The van der Waals surface area contributed by atoms with Gasteiger partial charge in [0, 0.05) is 17.5 Å². The lowest BCUT2D eigenvalue weighted by Crippen LogP contribution is -2.25. The minimum absolute atomic E-state index is 0.619. The zero-order valence-electron chi connectivity index (χ0n) is 9.68. The minimum Gasteiger partial charge on any atom is -0.308 e. The Morgan fingerprint density at radius 1 is 1.47 bits per heavy atom. The molecule has 0 amide bonds. The van der Waals surface area contributed by atoms with Crippen molar-refractivity contribution in [2.75, 3.05) is 0 Å². The average Bonchev–Trinajstić information content (AvgIpc) is 2.74. The maximum Gasteiger partial charge on any atom is 0.107 e. The molecule has 0 radical (unpaired) electrons. The Hall–Kier alpha value is -0.410. The van der Waals surface area contributed by atoms with Gasteiger partial charge in [-0.25, -0.2) is 4.98 Å². The summed E-state index contributed by atoms with van der Waals surface area (Å²) in [4.78, 5) is 6.22. The topological polar surface area (TPSA) is 24.9 Å². The third kappa shape index (κ3) is 2.79. The van der Waals surface area contributed by atoms with Crippen LogP contribution >= 0.6 is 11.3 Å². The van der Waals surface area contributed by atoms with Gasteiger partial charge in [-0.2, -0.15) is 0 Å². The van der Waals surface area contributed by atoms with Crippen LogP contribution in [0.15, 0.2) is 0 Å². The molecule has 84 valence electrons. The van der Waals surface area contributed by atoms with Crippen LogP contribution in [0.3, 0.4) is 0 Å². The van der Waals surface area contributed by atoms with Crippen LogP contribution < -0.4 is 5.32 Å². The maximum absolute atomic E-state index is 4.68. The fourth-order valence-corrected chi connectivity index (χ4v) is 3.22. The van der Waals surface area contributed by atoms with Crippen molar-refractivity contribution in [1.29, 1.82) is 0 Å². The quantitative estimate of drug-likeness (QED) is 0.832. The molecule has 1 aliphatic carbocycles. The number of aryl methyl sites for hydroxylation is 2. The minimum atomic E-state index is 0.619. The highest BCUT2D eigenvalue weighted by molar-refractivity contribution is 7.11. The first-order chi connectivity index (χ1) is 7.29. The molecule has 2 rings (SSSR count). The van der Waals surface area contributed by atoms with E-state index < -0.39 is 0 Å². The van der Waals surface area contributed by atoms with Crippen LogP contribution in [-0.4, -0.2) is 11.0 Å². The Bertz CT molecular complexity index is 298. The van der Waals surface area contributed by atoms with E-state index in [1.165, 1.54) is 47.7 Å². The normalized spacial score (nSPS) is 16.7. The van der Waals surface area contributed by atoms with Crippen molar-refractivity contribution in [2.24, 2.45) is 0 Å². The first-order valence-electron chi connectivity index (χ1n) is 6.00. The SMILES string of the molecule is CCCC(C)NCc1nc2c(s1)CCC2. The van der Waals surface area contributed by atoms with Gasteiger partial charge in [0.2, 0.25) is 0 Å². The van der Waals surface area contributed by atoms with E-state index in [0.717, 1.165) is 6.54 Å². The van der Waals surface area contributed by atoms with Gasteiger partial charge in [0.25, 0.3) is 0 Å². The molecule has 0 saturated heterocycles. The molecular formula is C12H20N2S. The standard InChI is InChI=1S/C12H20N2S/c1-3-5-9(2)13-8-12-14-10-6-4-7-11(10)15-12/h9,13H,3-8H2,1-2H3. The molecule has 1 aliphatic rings. The summed E-state index contributed by atoms with van der Waals surface area (Å²) in [6.07, 6.45) is 6.29. The zero-order chi connectivity index (χ0) is 10.7. The highest BCUT2D eigenvalue weighted by Crippen LogP contribution is 2.27. The number of aromatic nitrogens is 1. The van der Waals surface area contributed by atoms with Gasteiger partial charge in [-0.15, -0.1) is 11.3 Å². The Morgan fingerprint density at radius 3 is 3.07 bits per heavy atom. The Morgan fingerprint density at radius 2 is 2.33 bits per heavy atom. The number of hydrogen-bond acceptors (Lipinski definition) is 3. The Balaban J connectivity index is 1.83. The van der Waals surface area contributed by atoms with E-state index in [4.69, 9.17) is 0 Å². The summed E-state index contributed by atoms with van der Waals surface area (Å²) in [5.74, 6) is 0. The van der Waals surface area contributed by atoms with Crippen LogP contribution in [0.2, 0.25) is 0 Å². The number of fused-ring (bicyclic) bond motifs is 1. The van der Waals surface area contributed by atoms with Crippen LogP contribution in [0.25, 0.3) is 0 Å². The van der Waals surface area contributed by atoms with E-state index in [1.54, 1.807) is 0 Å². The summed E-state index contributed by atoms with van der Waals surface area (Å²) >= 11 is 1.91. The van der Waals surface area contributed by atoms with Crippen LogP contribution in [0.1, 0.15) is 48.7 Å². The van der Waals surface area contributed by atoms with Gasteiger partial charge >= 0.3 is 0 Å². The molecule has 1 N–H and O–H groups in total. The molecular weight excluding hydrogens is 204 g/mol. The predicted molar refractivity (Wildman–Crippen MR) is 65.3 cm³/mol. The third-order valence-electron chi connectivity index (χ3n) is 2.96. The number of nitrogens with zero attached hydrogens (tertiary/aromatic N) is 1. The highest BCUT2D eigenvalue weighted by Gasteiger charge is 2.16. The van der Waals surface area contributed by atoms with Gasteiger partial charge in [0.1, 0.15) is 5.01 Å². The third-order valence-corrected chi connectivity index (χ3v) is 4.12. The zero-order valence-corrected chi connectivity index (χ0v) is 10.5. The van der Waals surface area contributed by atoms with Crippen molar-refractivity contribution in [2.45, 2.75) is 58.5 Å². The van der Waals surface area contributed by atoms with Gasteiger partial charge in [-0.3, -0.25) is 0 Å². The second kappa shape index (κ2) is 5.08. The van der Waals surface area contributed by atoms with Crippen LogP contribution in [-0.2, 0) is 19.4 Å². The summed E-state index contributed by atoms with van der Waals surface area (Å²) in [6.45, 7) is 5.44. The van der Waals surface area contributed by atoms with Crippen LogP contribution in [0, 0.1) is 0 Å². The predicted octanol–water partition coefficient (Wildman–Crippen LogP) is 2.91. The Kier molecular flexibility index (Phi) is 3.76. The van der Waals surface area contributed by atoms with Crippen LogP contribution in [0.4, 0.5) is 0 Å². The molecule has 1 heterocycles. The largest absolute Gasteiger partial charge is 0.308 e. The van der Waals surface area contributed by atoms with Gasteiger partial charge in [-0.05, 0) is 32.6 Å². The molecule has 1 unspecified atom stereocenters. The van der Waals surface area contributed by atoms with Crippen molar-refractivity contribution in [1.82, 2.24) is 10.3 Å². The van der Waals surface area contributed by atoms with Crippen molar-refractivity contribution in [3.63, 3.8) is 0 Å². The molecule has 3 heteroatoms. The molecule has 15 heavy (non-hydrogen) atoms. The first-order valence-corrected chi connectivity index (χ1v) is 6.82. The molecule has 0 aromatic carbocycles. The van der Waals surface area contributed by atoms with Crippen molar-refractivity contribution in [3.05, 3.63) is 15.6 Å². The van der Waals surface area contributed by atoms with E-state index in [2.05, 4.69) is 24.1 Å². The molecule has 0 spiro atoms. The van der Waals surface area contributed by atoms with E-state index >= 15 is 0 Å². The smallest absolute Gasteiger partial charge is 0.107 e. The van der Waals surface area contributed by atoms with Gasteiger partial charge in [-0.1, -0.05) is 13.3 Å². The average molecular weight is 224 g/mol. The second-order valence-corrected chi connectivity index (χ2v) is 5.57. The molecule has 1 aromatic rings. The van der Waals surface area contributed by atoms with Crippen molar-refractivity contribution < 1.29 is 0 Å². The molecule has 0 fully saturated rings. The second-order valence-electron chi connectivity index (χ2n) is 4.40. The molecule has 0 bridgehead atoms. The summed E-state index contributed by atoms with van der Waals surface area (Å²) in [5.41, 5.74) is 1.37. The summed E-state index contributed by atoms with van der Waals surface area (Å²) in [6, 6.07) is 0.619. The fraction of sp³-hybridized carbons (Fsp3) is 0.750. The van der Waals surface area contributed by atoms with Crippen molar-refractivity contribution in [3.8, 4) is 0 Å². The van der Waals surface area contributed by atoms with E-state index in [-0.39, 0.29) is 0 Å².